The largest absolute Gasteiger partial charge is 0.486 e. The summed E-state index contributed by atoms with van der Waals surface area (Å²) in [6.07, 6.45) is 1.34. The minimum absolute atomic E-state index is 0.0126. The van der Waals surface area contributed by atoms with E-state index in [0.717, 1.165) is 17.1 Å². The summed E-state index contributed by atoms with van der Waals surface area (Å²) in [7, 11) is -3.02. The molecule has 0 spiro atoms. The van der Waals surface area contributed by atoms with Crippen molar-refractivity contribution in [1.82, 2.24) is 4.90 Å². The van der Waals surface area contributed by atoms with Crippen LogP contribution in [0.25, 0.3) is 0 Å². The van der Waals surface area contributed by atoms with Crippen molar-refractivity contribution in [1.29, 1.82) is 0 Å². The van der Waals surface area contributed by atoms with Gasteiger partial charge in [-0.3, -0.25) is 4.79 Å². The van der Waals surface area contributed by atoms with E-state index >= 15 is 0 Å². The van der Waals surface area contributed by atoms with Crippen molar-refractivity contribution in [2.45, 2.75) is 43.7 Å². The van der Waals surface area contributed by atoms with Gasteiger partial charge in [-0.05, 0) is 38.0 Å². The normalized spacial score (nSPS) is 22.0. The lowest BCUT2D eigenvalue weighted by molar-refractivity contribution is -0.132. The molecule has 0 N–H and O–H groups in total. The number of benzene rings is 1. The van der Waals surface area contributed by atoms with Gasteiger partial charge in [0.2, 0.25) is 5.91 Å². The number of rotatable bonds is 6. The Morgan fingerprint density at radius 3 is 2.69 bits per heavy atom. The molecule has 144 valence electrons. The van der Waals surface area contributed by atoms with Gasteiger partial charge in [-0.1, -0.05) is 6.92 Å². The van der Waals surface area contributed by atoms with Gasteiger partial charge in [0.1, 0.15) is 13.2 Å². The Labute approximate surface area is 159 Å². The molecule has 1 saturated heterocycles. The minimum atomic E-state index is -3.02. The highest BCUT2D eigenvalue weighted by molar-refractivity contribution is 8.00. The molecule has 0 bridgehead atoms. The van der Waals surface area contributed by atoms with E-state index in [1.165, 1.54) is 11.8 Å². The van der Waals surface area contributed by atoms with E-state index < -0.39 is 9.84 Å². The zero-order valence-corrected chi connectivity index (χ0v) is 16.8. The van der Waals surface area contributed by atoms with E-state index in [9.17, 15) is 13.2 Å². The molecule has 0 aromatic heterocycles. The van der Waals surface area contributed by atoms with Gasteiger partial charge < -0.3 is 14.4 Å². The first kappa shape index (κ1) is 19.4. The van der Waals surface area contributed by atoms with E-state index in [4.69, 9.17) is 9.47 Å². The van der Waals surface area contributed by atoms with E-state index in [1.807, 2.05) is 32.0 Å². The second kappa shape index (κ2) is 8.08. The van der Waals surface area contributed by atoms with Crippen LogP contribution in [-0.2, 0) is 14.6 Å². The standard InChI is InChI=1S/C18H25NO5S2/c1-3-13(2)19(14-6-9-26(21,22)12-14)18(20)11-25-15-4-5-16-17(10-15)24-8-7-23-16/h4-5,10,13-14H,3,6-9,11-12H2,1-2H3/t13-,14-/m1/s1. The van der Waals surface area contributed by atoms with E-state index in [0.29, 0.717) is 25.4 Å². The van der Waals surface area contributed by atoms with Crippen LogP contribution in [-0.4, -0.2) is 61.8 Å². The van der Waals surface area contributed by atoms with Crippen LogP contribution in [0.15, 0.2) is 23.1 Å². The third kappa shape index (κ3) is 4.46. The van der Waals surface area contributed by atoms with Crippen LogP contribution >= 0.6 is 11.8 Å². The highest BCUT2D eigenvalue weighted by Gasteiger charge is 2.36. The Morgan fingerprint density at radius 2 is 2.04 bits per heavy atom. The van der Waals surface area contributed by atoms with Crippen molar-refractivity contribution in [3.05, 3.63) is 18.2 Å². The van der Waals surface area contributed by atoms with E-state index in [1.54, 1.807) is 4.90 Å². The molecular weight excluding hydrogens is 374 g/mol. The Hall–Kier alpha value is -1.41. The molecule has 26 heavy (non-hydrogen) atoms. The second-order valence-corrected chi connectivity index (χ2v) is 9.99. The van der Waals surface area contributed by atoms with Crippen LogP contribution in [0.5, 0.6) is 11.5 Å². The zero-order chi connectivity index (χ0) is 18.7. The summed E-state index contributed by atoms with van der Waals surface area (Å²) in [6.45, 7) is 5.07. The van der Waals surface area contributed by atoms with Crippen molar-refractivity contribution < 1.29 is 22.7 Å². The van der Waals surface area contributed by atoms with Crippen LogP contribution in [0, 0.1) is 0 Å². The number of thioether (sulfide) groups is 1. The van der Waals surface area contributed by atoms with Crippen molar-refractivity contribution in [2.24, 2.45) is 0 Å². The van der Waals surface area contributed by atoms with Crippen LogP contribution in [0.4, 0.5) is 0 Å². The molecule has 2 heterocycles. The molecule has 0 saturated carbocycles. The number of nitrogens with zero attached hydrogens (tertiary/aromatic N) is 1. The molecule has 0 radical (unpaired) electrons. The van der Waals surface area contributed by atoms with Gasteiger partial charge in [0.25, 0.3) is 0 Å². The zero-order valence-electron chi connectivity index (χ0n) is 15.1. The molecule has 1 aromatic carbocycles. The monoisotopic (exact) mass is 399 g/mol. The summed E-state index contributed by atoms with van der Waals surface area (Å²) in [5.74, 6) is 1.95. The third-order valence-corrected chi connectivity index (χ3v) is 7.56. The first-order chi connectivity index (χ1) is 12.4. The molecular formula is C18H25NO5S2. The van der Waals surface area contributed by atoms with Gasteiger partial charge in [-0.2, -0.15) is 0 Å². The third-order valence-electron chi connectivity index (χ3n) is 4.83. The Balaban J connectivity index is 1.66. The summed E-state index contributed by atoms with van der Waals surface area (Å²) in [4.78, 5) is 15.6. The summed E-state index contributed by atoms with van der Waals surface area (Å²) >= 11 is 1.44. The van der Waals surface area contributed by atoms with Crippen LogP contribution in [0.1, 0.15) is 26.7 Å². The van der Waals surface area contributed by atoms with Gasteiger partial charge in [-0.15, -0.1) is 11.8 Å². The maximum absolute atomic E-state index is 12.9. The van der Waals surface area contributed by atoms with Crippen molar-refractivity contribution >= 4 is 27.5 Å². The molecule has 0 aliphatic carbocycles. The average molecular weight is 400 g/mol. The topological polar surface area (TPSA) is 72.9 Å². The number of hydrogen-bond acceptors (Lipinski definition) is 6. The molecule has 1 amide bonds. The molecule has 0 unspecified atom stereocenters. The number of fused-ring (bicyclic) bond motifs is 1. The maximum Gasteiger partial charge on any atom is 0.233 e. The fourth-order valence-electron chi connectivity index (χ4n) is 3.33. The van der Waals surface area contributed by atoms with E-state index in [-0.39, 0.29) is 35.2 Å². The van der Waals surface area contributed by atoms with Crippen LogP contribution in [0.2, 0.25) is 0 Å². The van der Waals surface area contributed by atoms with Crippen molar-refractivity contribution in [3.8, 4) is 11.5 Å². The Morgan fingerprint density at radius 1 is 1.31 bits per heavy atom. The molecule has 1 fully saturated rings. The number of amides is 1. The quantitative estimate of drug-likeness (QED) is 0.684. The SMILES string of the molecule is CC[C@@H](C)N(C(=O)CSc1ccc2c(c1)OCCO2)[C@@H]1CCS(=O)(=O)C1. The maximum atomic E-state index is 12.9. The molecule has 1 aromatic rings. The van der Waals surface area contributed by atoms with Crippen LogP contribution in [0.3, 0.4) is 0 Å². The lowest BCUT2D eigenvalue weighted by Gasteiger charge is -2.33. The molecule has 2 atom stereocenters. The Bertz CT molecular complexity index is 765. The summed E-state index contributed by atoms with van der Waals surface area (Å²) in [5.41, 5.74) is 0. The fourth-order valence-corrected chi connectivity index (χ4v) is 5.84. The number of carbonyl (C=O) groups excluding carboxylic acids is 1. The number of hydrogen-bond donors (Lipinski definition) is 0. The van der Waals surface area contributed by atoms with Crippen molar-refractivity contribution in [3.63, 3.8) is 0 Å². The predicted octanol–water partition coefficient (Wildman–Crippen LogP) is 2.36. The number of carbonyl (C=O) groups is 1. The molecule has 8 heteroatoms. The predicted molar refractivity (Wildman–Crippen MR) is 102 cm³/mol. The first-order valence-electron chi connectivity index (χ1n) is 8.93. The average Bonchev–Trinajstić information content (AvgIpc) is 2.99. The molecule has 6 nitrogen and oxygen atoms in total. The van der Waals surface area contributed by atoms with Gasteiger partial charge in [0.15, 0.2) is 21.3 Å². The highest BCUT2D eigenvalue weighted by atomic mass is 32.2. The lowest BCUT2D eigenvalue weighted by Crippen LogP contribution is -2.47. The molecule has 3 rings (SSSR count). The van der Waals surface area contributed by atoms with Gasteiger partial charge in [0.05, 0.1) is 17.3 Å². The first-order valence-corrected chi connectivity index (χ1v) is 11.7. The Kier molecular flexibility index (Phi) is 6.02. The molecule has 2 aliphatic rings. The second-order valence-electron chi connectivity index (χ2n) is 6.71. The fraction of sp³-hybridized carbons (Fsp3) is 0.611. The van der Waals surface area contributed by atoms with Crippen LogP contribution < -0.4 is 9.47 Å². The molecule has 2 aliphatic heterocycles. The van der Waals surface area contributed by atoms with Gasteiger partial charge >= 0.3 is 0 Å². The van der Waals surface area contributed by atoms with E-state index in [2.05, 4.69) is 0 Å². The summed E-state index contributed by atoms with van der Waals surface area (Å²) < 4.78 is 34.7. The summed E-state index contributed by atoms with van der Waals surface area (Å²) in [6, 6.07) is 5.49. The number of ether oxygens (including phenoxy) is 2. The smallest absolute Gasteiger partial charge is 0.233 e. The van der Waals surface area contributed by atoms with Gasteiger partial charge in [0, 0.05) is 17.0 Å². The highest BCUT2D eigenvalue weighted by Crippen LogP contribution is 2.34. The summed E-state index contributed by atoms with van der Waals surface area (Å²) in [5, 5.41) is 0. The van der Waals surface area contributed by atoms with Crippen molar-refractivity contribution in [2.75, 3.05) is 30.5 Å². The number of sulfone groups is 1. The lowest BCUT2D eigenvalue weighted by atomic mass is 10.1. The van der Waals surface area contributed by atoms with Gasteiger partial charge in [-0.25, -0.2) is 8.42 Å². The minimum Gasteiger partial charge on any atom is -0.486 e.